The SMILES string of the molecule is C1=Cc2ccccc2C2(c3ccccc31)c1ccccc1-c1ccc(-c3ccc(N(c4ccc(-c5ccccc5)cc4)c4ccc5c(c4)c4ccccc4n5-c4ccccc4)cc3)cc12. The maximum Gasteiger partial charge on any atom is 0.0725 e. The van der Waals surface area contributed by atoms with Crippen molar-refractivity contribution in [3.63, 3.8) is 0 Å². The lowest BCUT2D eigenvalue weighted by Crippen LogP contribution is -2.29. The molecule has 0 fully saturated rings. The first kappa shape index (κ1) is 37.1. The van der Waals surface area contributed by atoms with E-state index >= 15 is 0 Å². The molecule has 1 spiro atoms. The van der Waals surface area contributed by atoms with Crippen molar-refractivity contribution in [3.8, 4) is 39.1 Å². The summed E-state index contributed by atoms with van der Waals surface area (Å²) >= 11 is 0. The number of hydrogen-bond acceptors (Lipinski definition) is 1. The molecule has 65 heavy (non-hydrogen) atoms. The summed E-state index contributed by atoms with van der Waals surface area (Å²) in [4.78, 5) is 2.40. The van der Waals surface area contributed by atoms with E-state index in [2.05, 4.69) is 264 Å². The molecule has 1 aromatic heterocycles. The van der Waals surface area contributed by atoms with Crippen LogP contribution >= 0.6 is 0 Å². The Morgan fingerprint density at radius 2 is 0.800 bits per heavy atom. The number of aromatic nitrogens is 1. The fourth-order valence-electron chi connectivity index (χ4n) is 11.0. The molecule has 10 aromatic carbocycles. The molecule has 2 heteroatoms. The highest BCUT2D eigenvalue weighted by Gasteiger charge is 2.48. The van der Waals surface area contributed by atoms with Crippen molar-refractivity contribution < 1.29 is 0 Å². The van der Waals surface area contributed by atoms with E-state index in [1.165, 1.54) is 88.6 Å². The van der Waals surface area contributed by atoms with Crippen molar-refractivity contribution in [1.82, 2.24) is 4.57 Å². The Bertz CT molecular complexity index is 3580. The quantitative estimate of drug-likeness (QED) is 0.162. The van der Waals surface area contributed by atoms with Crippen LogP contribution in [0.1, 0.15) is 33.4 Å². The van der Waals surface area contributed by atoms with Crippen LogP contribution in [0.2, 0.25) is 0 Å². The monoisotopic (exact) mass is 826 g/mol. The number of para-hydroxylation sites is 2. The number of benzene rings is 10. The molecule has 1 heterocycles. The van der Waals surface area contributed by atoms with Crippen molar-refractivity contribution in [2.45, 2.75) is 5.41 Å². The van der Waals surface area contributed by atoms with Gasteiger partial charge in [0.25, 0.3) is 0 Å². The van der Waals surface area contributed by atoms with E-state index in [1.54, 1.807) is 0 Å². The van der Waals surface area contributed by atoms with E-state index < -0.39 is 5.41 Å². The minimum Gasteiger partial charge on any atom is -0.310 e. The van der Waals surface area contributed by atoms with Gasteiger partial charge in [-0.15, -0.1) is 0 Å². The molecule has 11 aromatic rings. The summed E-state index contributed by atoms with van der Waals surface area (Å²) in [7, 11) is 0. The van der Waals surface area contributed by atoms with Crippen LogP contribution in [0.5, 0.6) is 0 Å². The number of anilines is 3. The smallest absolute Gasteiger partial charge is 0.0725 e. The van der Waals surface area contributed by atoms with Gasteiger partial charge in [0, 0.05) is 33.5 Å². The third kappa shape index (κ3) is 5.74. The fraction of sp³-hybridized carbons (Fsp3) is 0.0159. The van der Waals surface area contributed by atoms with Gasteiger partial charge in [-0.1, -0.05) is 188 Å². The molecular formula is C63H42N2. The average Bonchev–Trinajstić information content (AvgIpc) is 3.81. The largest absolute Gasteiger partial charge is 0.310 e. The highest BCUT2D eigenvalue weighted by atomic mass is 15.1. The summed E-state index contributed by atoms with van der Waals surface area (Å²) < 4.78 is 2.38. The van der Waals surface area contributed by atoms with Crippen molar-refractivity contribution in [2.75, 3.05) is 4.90 Å². The lowest BCUT2D eigenvalue weighted by molar-refractivity contribution is 0.766. The normalized spacial score (nSPS) is 13.0. The van der Waals surface area contributed by atoms with Gasteiger partial charge in [-0.05, 0) is 133 Å². The summed E-state index contributed by atoms with van der Waals surface area (Å²) in [6, 6.07) is 89.2. The molecule has 0 amide bonds. The predicted molar refractivity (Wildman–Crippen MR) is 273 cm³/mol. The molecule has 304 valence electrons. The summed E-state index contributed by atoms with van der Waals surface area (Å²) in [5, 5.41) is 2.45. The highest BCUT2D eigenvalue weighted by Crippen LogP contribution is 2.59. The van der Waals surface area contributed by atoms with Crippen LogP contribution in [-0.4, -0.2) is 4.57 Å². The van der Waals surface area contributed by atoms with E-state index in [4.69, 9.17) is 0 Å². The first-order valence-electron chi connectivity index (χ1n) is 22.5. The lowest BCUT2D eigenvalue weighted by atomic mass is 9.66. The molecule has 0 radical (unpaired) electrons. The third-order valence-electron chi connectivity index (χ3n) is 13.8. The molecule has 0 N–H and O–H groups in total. The third-order valence-corrected chi connectivity index (χ3v) is 13.8. The van der Waals surface area contributed by atoms with Crippen LogP contribution in [0, 0.1) is 0 Å². The topological polar surface area (TPSA) is 8.17 Å². The van der Waals surface area contributed by atoms with Crippen LogP contribution in [0.4, 0.5) is 17.1 Å². The van der Waals surface area contributed by atoms with Crippen LogP contribution < -0.4 is 4.90 Å². The predicted octanol–water partition coefficient (Wildman–Crippen LogP) is 16.4. The lowest BCUT2D eigenvalue weighted by Gasteiger charge is -2.35. The molecule has 0 saturated carbocycles. The first-order valence-corrected chi connectivity index (χ1v) is 22.5. The van der Waals surface area contributed by atoms with Gasteiger partial charge in [0.15, 0.2) is 0 Å². The Morgan fingerprint density at radius 1 is 0.308 bits per heavy atom. The molecular weight excluding hydrogens is 785 g/mol. The highest BCUT2D eigenvalue weighted by molar-refractivity contribution is 6.10. The van der Waals surface area contributed by atoms with Crippen molar-refractivity contribution in [3.05, 3.63) is 276 Å². The number of fused-ring (bicyclic) bond motifs is 12. The Kier molecular flexibility index (Phi) is 8.47. The zero-order chi connectivity index (χ0) is 42.9. The van der Waals surface area contributed by atoms with E-state index in [-0.39, 0.29) is 0 Å². The van der Waals surface area contributed by atoms with Gasteiger partial charge in [0.2, 0.25) is 0 Å². The first-order chi connectivity index (χ1) is 32.2. The zero-order valence-electron chi connectivity index (χ0n) is 35.6. The van der Waals surface area contributed by atoms with Crippen LogP contribution in [-0.2, 0) is 5.41 Å². The standard InChI is InChI=1S/C63H42N2/c1-3-15-43(16-4-1)44-29-34-50(35-30-44)64(52-38-40-62-56(42-52)55-22-10-14-26-61(55)65(62)49-19-5-2-6-20-49)51-36-31-45(32-37-51)48-33-39-54-53-21-9-13-25-59(53)63(60(54)41-48)57-23-11-7-17-46(57)27-28-47-18-8-12-24-58(47)63/h1-42H. The molecule has 0 aliphatic heterocycles. The molecule has 0 bridgehead atoms. The second-order valence-electron chi connectivity index (χ2n) is 17.2. The van der Waals surface area contributed by atoms with E-state index in [0.717, 1.165) is 22.7 Å². The van der Waals surface area contributed by atoms with E-state index in [0.29, 0.717) is 0 Å². The number of nitrogens with zero attached hydrogens (tertiary/aromatic N) is 2. The fourth-order valence-corrected chi connectivity index (χ4v) is 11.0. The summed E-state index contributed by atoms with van der Waals surface area (Å²) in [6.45, 7) is 0. The van der Waals surface area contributed by atoms with Crippen LogP contribution in [0.25, 0.3) is 73.0 Å². The minimum atomic E-state index is -0.469. The summed E-state index contributed by atoms with van der Waals surface area (Å²) in [5.41, 5.74) is 21.5. The van der Waals surface area contributed by atoms with Gasteiger partial charge >= 0.3 is 0 Å². The van der Waals surface area contributed by atoms with Gasteiger partial charge in [-0.3, -0.25) is 0 Å². The number of rotatable bonds is 6. The van der Waals surface area contributed by atoms with Crippen molar-refractivity contribution in [1.29, 1.82) is 0 Å². The minimum absolute atomic E-state index is 0.469. The van der Waals surface area contributed by atoms with Crippen molar-refractivity contribution >= 4 is 51.0 Å². The molecule has 0 unspecified atom stereocenters. The number of hydrogen-bond donors (Lipinski definition) is 0. The molecule has 13 rings (SSSR count). The van der Waals surface area contributed by atoms with Gasteiger partial charge in [0.1, 0.15) is 0 Å². The van der Waals surface area contributed by atoms with Crippen LogP contribution in [0.3, 0.4) is 0 Å². The zero-order valence-corrected chi connectivity index (χ0v) is 35.6. The molecule has 2 nitrogen and oxygen atoms in total. The van der Waals surface area contributed by atoms with Gasteiger partial charge in [-0.2, -0.15) is 0 Å². The Morgan fingerprint density at radius 3 is 1.49 bits per heavy atom. The second kappa shape index (κ2) is 14.8. The molecule has 0 atom stereocenters. The van der Waals surface area contributed by atoms with Gasteiger partial charge < -0.3 is 9.47 Å². The van der Waals surface area contributed by atoms with Gasteiger partial charge in [-0.25, -0.2) is 0 Å². The van der Waals surface area contributed by atoms with Crippen molar-refractivity contribution in [2.24, 2.45) is 0 Å². The Balaban J connectivity index is 0.959. The molecule has 2 aliphatic carbocycles. The Hall–Kier alpha value is -8.46. The summed E-state index contributed by atoms with van der Waals surface area (Å²) in [6.07, 6.45) is 4.60. The second-order valence-corrected chi connectivity index (χ2v) is 17.2. The average molecular weight is 827 g/mol. The van der Waals surface area contributed by atoms with Crippen LogP contribution in [0.15, 0.2) is 243 Å². The Labute approximate surface area is 379 Å². The molecule has 0 saturated heterocycles. The maximum atomic E-state index is 2.47. The van der Waals surface area contributed by atoms with E-state index in [1.807, 2.05) is 0 Å². The maximum absolute atomic E-state index is 2.47. The summed E-state index contributed by atoms with van der Waals surface area (Å²) in [5.74, 6) is 0. The van der Waals surface area contributed by atoms with E-state index in [9.17, 15) is 0 Å². The molecule has 2 aliphatic rings. The van der Waals surface area contributed by atoms with Gasteiger partial charge in [0.05, 0.1) is 16.4 Å².